The Morgan fingerprint density at radius 3 is 2.15 bits per heavy atom. The highest BCUT2D eigenvalue weighted by atomic mass is 16.1. The van der Waals surface area contributed by atoms with Crippen LogP contribution < -0.4 is 5.43 Å². The van der Waals surface area contributed by atoms with Gasteiger partial charge >= 0.3 is 0 Å². The third kappa shape index (κ3) is 7.50. The average Bonchev–Trinajstić information content (AvgIpc) is 1.81. The summed E-state index contributed by atoms with van der Waals surface area (Å²) in [5, 5.41) is 3.80. The first-order valence-corrected chi connectivity index (χ1v) is 4.50. The van der Waals surface area contributed by atoms with Crippen molar-refractivity contribution in [3.8, 4) is 0 Å². The van der Waals surface area contributed by atoms with E-state index in [0.717, 1.165) is 6.42 Å². The van der Waals surface area contributed by atoms with Crippen LogP contribution in [0.4, 0.5) is 0 Å². The van der Waals surface area contributed by atoms with Crippen molar-refractivity contribution in [2.24, 2.45) is 15.9 Å². The van der Waals surface area contributed by atoms with Crippen molar-refractivity contribution in [3.05, 3.63) is 0 Å². The van der Waals surface area contributed by atoms with E-state index in [2.05, 4.69) is 45.1 Å². The first kappa shape index (κ1) is 12.1. The lowest BCUT2D eigenvalue weighted by Crippen LogP contribution is -2.23. The Labute approximate surface area is 80.6 Å². The summed E-state index contributed by atoms with van der Waals surface area (Å²) in [6.07, 6.45) is 3.39. The summed E-state index contributed by atoms with van der Waals surface area (Å²) in [5.41, 5.74) is 2.58. The van der Waals surface area contributed by atoms with Crippen molar-refractivity contribution >= 4 is 12.6 Å². The van der Waals surface area contributed by atoms with Crippen molar-refractivity contribution in [1.82, 2.24) is 5.43 Å². The van der Waals surface area contributed by atoms with Crippen LogP contribution in [0.1, 0.15) is 41.0 Å². The lowest BCUT2D eigenvalue weighted by molar-refractivity contribution is -0.109. The Morgan fingerprint density at radius 1 is 1.23 bits per heavy atom. The van der Waals surface area contributed by atoms with Gasteiger partial charge in [-0.05, 0) is 11.8 Å². The molecule has 0 saturated heterocycles. The Balaban J connectivity index is 4.15. The molecule has 0 atom stereocenters. The van der Waals surface area contributed by atoms with Crippen molar-refractivity contribution in [2.45, 2.75) is 41.0 Å². The van der Waals surface area contributed by atoms with Crippen LogP contribution in [0.25, 0.3) is 0 Å². The molecule has 0 unspecified atom stereocenters. The van der Waals surface area contributed by atoms with Crippen molar-refractivity contribution in [2.75, 3.05) is 0 Å². The van der Waals surface area contributed by atoms with Gasteiger partial charge in [-0.15, -0.1) is 0 Å². The molecule has 0 aromatic rings. The summed E-state index contributed by atoms with van der Waals surface area (Å²) in [7, 11) is 0. The van der Waals surface area contributed by atoms with Gasteiger partial charge in [0.2, 0.25) is 6.41 Å². The fourth-order valence-corrected chi connectivity index (χ4v) is 1.65. The number of nitrogens with one attached hydrogen (secondary N) is 1. The smallest absolute Gasteiger partial charge is 0.227 e. The van der Waals surface area contributed by atoms with Crippen LogP contribution in [-0.2, 0) is 4.79 Å². The van der Waals surface area contributed by atoms with E-state index in [0.29, 0.717) is 6.41 Å². The number of carbonyl (C=O) groups excluding carboxylic acids is 1. The molecular formula is C10H20N2O. The van der Waals surface area contributed by atoms with E-state index in [1.165, 1.54) is 0 Å². The van der Waals surface area contributed by atoms with Gasteiger partial charge in [-0.25, -0.2) is 0 Å². The molecule has 13 heavy (non-hydrogen) atoms. The van der Waals surface area contributed by atoms with Gasteiger partial charge in [0.25, 0.3) is 0 Å². The molecule has 76 valence electrons. The molecule has 1 amide bonds. The molecule has 0 spiro atoms. The van der Waals surface area contributed by atoms with Gasteiger partial charge in [0, 0.05) is 11.6 Å². The summed E-state index contributed by atoms with van der Waals surface area (Å²) < 4.78 is 0. The van der Waals surface area contributed by atoms with Crippen molar-refractivity contribution < 1.29 is 4.79 Å². The average molecular weight is 184 g/mol. The van der Waals surface area contributed by atoms with E-state index < -0.39 is 0 Å². The lowest BCUT2D eigenvalue weighted by atomic mass is 9.77. The van der Waals surface area contributed by atoms with E-state index in [9.17, 15) is 4.79 Å². The summed E-state index contributed by atoms with van der Waals surface area (Å²) in [5.74, 6) is 0. The topological polar surface area (TPSA) is 41.5 Å². The number of amides is 1. The van der Waals surface area contributed by atoms with Gasteiger partial charge in [0.1, 0.15) is 0 Å². The molecule has 0 aromatic carbocycles. The first-order valence-electron chi connectivity index (χ1n) is 4.50. The summed E-state index contributed by atoms with van der Waals surface area (Å²) in [6.45, 7) is 10.8. The van der Waals surface area contributed by atoms with Crippen LogP contribution in [0.3, 0.4) is 0 Å². The molecule has 0 aliphatic rings. The zero-order valence-electron chi connectivity index (χ0n) is 9.22. The minimum Gasteiger partial charge on any atom is -0.277 e. The number of hydrazone groups is 1. The predicted octanol–water partition coefficient (Wildman–Crippen LogP) is 2.18. The van der Waals surface area contributed by atoms with Crippen molar-refractivity contribution in [1.29, 1.82) is 0 Å². The molecule has 3 heteroatoms. The number of hydrogen-bond acceptors (Lipinski definition) is 2. The highest BCUT2D eigenvalue weighted by Crippen LogP contribution is 2.31. The number of hydrogen-bond donors (Lipinski definition) is 1. The number of nitrogens with zero attached hydrogens (tertiary/aromatic N) is 1. The number of rotatable bonds is 4. The second kappa shape index (κ2) is 4.40. The normalized spacial score (nSPS) is 13.3. The third-order valence-electron chi connectivity index (χ3n) is 1.53. The van der Waals surface area contributed by atoms with Crippen LogP contribution in [0, 0.1) is 10.8 Å². The van der Waals surface area contributed by atoms with Crippen LogP contribution in [-0.4, -0.2) is 12.6 Å². The molecule has 0 rings (SSSR count). The standard InChI is InChI=1S/C10H20N2O/c1-9(2,3)6-10(4,5)7-11-12-8-13/h7-8H,6H2,1-5H3,(H,12,13)/b11-7+. The van der Waals surface area contributed by atoms with Crippen molar-refractivity contribution in [3.63, 3.8) is 0 Å². The van der Waals surface area contributed by atoms with Gasteiger partial charge in [-0.2, -0.15) is 5.10 Å². The monoisotopic (exact) mass is 184 g/mol. The van der Waals surface area contributed by atoms with Gasteiger partial charge in [0.15, 0.2) is 0 Å². The maximum absolute atomic E-state index is 9.95. The Hall–Kier alpha value is -0.860. The third-order valence-corrected chi connectivity index (χ3v) is 1.53. The maximum Gasteiger partial charge on any atom is 0.227 e. The molecule has 0 radical (unpaired) electrons. The summed E-state index contributed by atoms with van der Waals surface area (Å²) in [6, 6.07) is 0. The SMILES string of the molecule is CC(C)(C)CC(C)(C)/C=N/NC=O. The molecule has 0 aromatic heterocycles. The quantitative estimate of drug-likeness (QED) is 0.406. The van der Waals surface area contributed by atoms with E-state index in [1.54, 1.807) is 6.21 Å². The minimum absolute atomic E-state index is 0.0221. The molecular weight excluding hydrogens is 164 g/mol. The fourth-order valence-electron chi connectivity index (χ4n) is 1.65. The molecule has 3 nitrogen and oxygen atoms in total. The van der Waals surface area contributed by atoms with E-state index in [1.807, 2.05) is 0 Å². The van der Waals surface area contributed by atoms with E-state index in [-0.39, 0.29) is 10.8 Å². The minimum atomic E-state index is 0.0221. The molecule has 0 bridgehead atoms. The van der Waals surface area contributed by atoms with Gasteiger partial charge < -0.3 is 0 Å². The zero-order valence-corrected chi connectivity index (χ0v) is 9.22. The highest BCUT2D eigenvalue weighted by molar-refractivity contribution is 5.65. The highest BCUT2D eigenvalue weighted by Gasteiger charge is 2.23. The molecule has 0 aliphatic heterocycles. The summed E-state index contributed by atoms with van der Waals surface area (Å²) in [4.78, 5) is 9.95. The Morgan fingerprint density at radius 2 is 1.77 bits per heavy atom. The van der Waals surface area contributed by atoms with Gasteiger partial charge in [0.05, 0.1) is 0 Å². The first-order chi connectivity index (χ1) is 5.77. The van der Waals surface area contributed by atoms with Crippen LogP contribution in [0.15, 0.2) is 5.10 Å². The predicted molar refractivity (Wildman–Crippen MR) is 55.5 cm³/mol. The zero-order chi connectivity index (χ0) is 10.5. The molecule has 1 N–H and O–H groups in total. The van der Waals surface area contributed by atoms with E-state index >= 15 is 0 Å². The molecule has 0 aliphatic carbocycles. The van der Waals surface area contributed by atoms with Gasteiger partial charge in [-0.1, -0.05) is 34.6 Å². The second-order valence-electron chi connectivity index (χ2n) is 5.23. The fraction of sp³-hybridized carbons (Fsp3) is 0.800. The molecule has 0 fully saturated rings. The lowest BCUT2D eigenvalue weighted by Gasteiger charge is -2.28. The Kier molecular flexibility index (Phi) is 4.11. The largest absolute Gasteiger partial charge is 0.277 e. The molecule has 0 heterocycles. The molecule has 0 saturated carbocycles. The van der Waals surface area contributed by atoms with Crippen LogP contribution >= 0.6 is 0 Å². The van der Waals surface area contributed by atoms with Gasteiger partial charge in [-0.3, -0.25) is 10.2 Å². The maximum atomic E-state index is 9.95. The van der Waals surface area contributed by atoms with Crippen LogP contribution in [0.5, 0.6) is 0 Å². The van der Waals surface area contributed by atoms with Crippen LogP contribution in [0.2, 0.25) is 0 Å². The Bertz CT molecular complexity index is 190. The van der Waals surface area contributed by atoms with E-state index in [4.69, 9.17) is 0 Å². The number of carbonyl (C=O) groups is 1. The second-order valence-corrected chi connectivity index (χ2v) is 5.23. The summed E-state index contributed by atoms with van der Waals surface area (Å²) >= 11 is 0.